The number of nitrogens with zero attached hydrogens (tertiary/aromatic N) is 5. The van der Waals surface area contributed by atoms with Crippen LogP contribution in [0.25, 0.3) is 11.3 Å². The molecule has 5 rings (SSSR count). The lowest BCUT2D eigenvalue weighted by Gasteiger charge is -2.43. The highest BCUT2D eigenvalue weighted by atomic mass is 19.1. The van der Waals surface area contributed by atoms with Crippen LogP contribution in [0.3, 0.4) is 0 Å². The third-order valence-corrected chi connectivity index (χ3v) is 9.04. The number of rotatable bonds is 13. The van der Waals surface area contributed by atoms with Gasteiger partial charge in [0.25, 0.3) is 0 Å². The molecular weight excluding hydrogens is 571 g/mol. The van der Waals surface area contributed by atoms with E-state index in [9.17, 15) is 5.11 Å². The van der Waals surface area contributed by atoms with Crippen molar-refractivity contribution in [3.05, 3.63) is 54.3 Å². The molecule has 0 spiro atoms. The van der Waals surface area contributed by atoms with Crippen LogP contribution in [-0.4, -0.2) is 73.6 Å². The van der Waals surface area contributed by atoms with Gasteiger partial charge < -0.3 is 35.0 Å². The molecule has 0 amide bonds. The van der Waals surface area contributed by atoms with Gasteiger partial charge in [-0.3, -0.25) is 0 Å². The largest absolute Gasteiger partial charge is 0.507 e. The van der Waals surface area contributed by atoms with E-state index in [1.807, 2.05) is 30.3 Å². The molecule has 0 saturated carbocycles. The van der Waals surface area contributed by atoms with Crippen molar-refractivity contribution in [2.24, 2.45) is 5.92 Å². The Morgan fingerprint density at radius 2 is 1.62 bits per heavy atom. The Bertz CT molecular complexity index is 1380. The molecule has 3 N–H and O–H groups in total. The van der Waals surface area contributed by atoms with Crippen LogP contribution in [0.5, 0.6) is 5.75 Å². The average Bonchev–Trinajstić information content (AvgIpc) is 3.05. The van der Waals surface area contributed by atoms with E-state index in [0.717, 1.165) is 89.3 Å². The predicted molar refractivity (Wildman–Crippen MR) is 179 cm³/mol. The van der Waals surface area contributed by atoms with Gasteiger partial charge in [0.1, 0.15) is 11.6 Å². The molecule has 3 heterocycles. The van der Waals surface area contributed by atoms with Crippen LogP contribution in [0.2, 0.25) is 0 Å². The number of nitrogens with two attached hydrogens (primary N) is 1. The van der Waals surface area contributed by atoms with Crippen molar-refractivity contribution in [3.8, 4) is 17.0 Å². The summed E-state index contributed by atoms with van der Waals surface area (Å²) in [6, 6.07) is 14.6. The minimum absolute atomic E-state index is 0.115. The highest BCUT2D eigenvalue weighted by molar-refractivity contribution is 5.74. The highest BCUT2D eigenvalue weighted by Crippen LogP contribution is 2.35. The lowest BCUT2D eigenvalue weighted by atomic mass is 9.95. The zero-order valence-electron chi connectivity index (χ0n) is 27.0. The number of aromatic nitrogens is 2. The number of ether oxygens (including phenoxy) is 2. The zero-order valence-corrected chi connectivity index (χ0v) is 27.0. The number of piperidine rings is 1. The molecule has 45 heavy (non-hydrogen) atoms. The Kier molecular flexibility index (Phi) is 11.3. The summed E-state index contributed by atoms with van der Waals surface area (Å²) in [7, 11) is 0. The molecule has 0 radical (unpaired) electrons. The number of para-hydroxylation sites is 1. The van der Waals surface area contributed by atoms with Crippen molar-refractivity contribution in [3.63, 3.8) is 0 Å². The first-order valence-corrected chi connectivity index (χ1v) is 16.6. The van der Waals surface area contributed by atoms with E-state index in [2.05, 4.69) is 45.7 Å². The van der Waals surface area contributed by atoms with Crippen molar-refractivity contribution in [1.82, 2.24) is 10.2 Å². The Balaban J connectivity index is 1.23. The van der Waals surface area contributed by atoms with Crippen LogP contribution in [0.4, 0.5) is 27.3 Å². The molecule has 9 nitrogen and oxygen atoms in total. The number of benzene rings is 2. The maximum absolute atomic E-state index is 15.2. The molecule has 2 fully saturated rings. The van der Waals surface area contributed by atoms with E-state index in [1.165, 1.54) is 0 Å². The van der Waals surface area contributed by atoms with Crippen LogP contribution < -0.4 is 20.4 Å². The average molecular weight is 621 g/mol. The number of phenolic OH excluding ortho intramolecular Hbond substituents is 1. The second-order valence-corrected chi connectivity index (χ2v) is 12.3. The van der Waals surface area contributed by atoms with Gasteiger partial charge >= 0.3 is 0 Å². The van der Waals surface area contributed by atoms with Crippen LogP contribution >= 0.6 is 0 Å². The third kappa shape index (κ3) is 7.97. The molecule has 2 aliphatic heterocycles. The fourth-order valence-corrected chi connectivity index (χ4v) is 6.35. The number of halogens is 1. The van der Waals surface area contributed by atoms with Gasteiger partial charge in [-0.15, -0.1) is 10.2 Å². The van der Waals surface area contributed by atoms with Gasteiger partial charge in [0, 0.05) is 69.1 Å². The number of hydrogen-bond donors (Lipinski definition) is 2. The maximum Gasteiger partial charge on any atom is 0.169 e. The third-order valence-electron chi connectivity index (χ3n) is 9.04. The summed E-state index contributed by atoms with van der Waals surface area (Å²) >= 11 is 0. The molecule has 0 aliphatic carbocycles. The van der Waals surface area contributed by atoms with Crippen molar-refractivity contribution >= 4 is 22.9 Å². The van der Waals surface area contributed by atoms with Gasteiger partial charge in [-0.25, -0.2) is 4.39 Å². The number of anilines is 4. The number of phenols is 1. The van der Waals surface area contributed by atoms with Crippen molar-refractivity contribution in [2.75, 3.05) is 66.4 Å². The summed E-state index contributed by atoms with van der Waals surface area (Å²) in [5.74, 6) is 0.635. The molecule has 2 aromatic carbocycles. The van der Waals surface area contributed by atoms with E-state index in [1.54, 1.807) is 18.2 Å². The molecule has 0 unspecified atom stereocenters. The lowest BCUT2D eigenvalue weighted by Crippen LogP contribution is -2.52. The monoisotopic (exact) mass is 620 g/mol. The predicted octanol–water partition coefficient (Wildman–Crippen LogP) is 6.46. The van der Waals surface area contributed by atoms with Gasteiger partial charge in [-0.05, 0) is 69.0 Å². The van der Waals surface area contributed by atoms with Gasteiger partial charge in [-0.2, -0.15) is 0 Å². The second-order valence-electron chi connectivity index (χ2n) is 12.3. The van der Waals surface area contributed by atoms with Gasteiger partial charge in [-0.1, -0.05) is 38.8 Å². The van der Waals surface area contributed by atoms with E-state index in [-0.39, 0.29) is 23.9 Å². The number of nitrogen functional groups attached to an aromatic ring is 1. The topological polar surface area (TPSA) is 100 Å². The van der Waals surface area contributed by atoms with Crippen LogP contribution in [0.15, 0.2) is 48.5 Å². The molecule has 244 valence electrons. The van der Waals surface area contributed by atoms with E-state index >= 15 is 4.39 Å². The zero-order chi connectivity index (χ0) is 31.8. The summed E-state index contributed by atoms with van der Waals surface area (Å²) in [4.78, 5) is 6.72. The fraction of sp³-hybridized carbons (Fsp3) is 0.543. The second kappa shape index (κ2) is 15.6. The van der Waals surface area contributed by atoms with Crippen LogP contribution in [0.1, 0.15) is 59.3 Å². The lowest BCUT2D eigenvalue weighted by molar-refractivity contribution is -0.177. The quantitative estimate of drug-likeness (QED) is 0.165. The maximum atomic E-state index is 15.2. The summed E-state index contributed by atoms with van der Waals surface area (Å²) < 4.78 is 27.6. The van der Waals surface area contributed by atoms with Crippen molar-refractivity contribution < 1.29 is 19.0 Å². The summed E-state index contributed by atoms with van der Waals surface area (Å²) in [6.45, 7) is 11.7. The first kappa shape index (κ1) is 32.8. The Morgan fingerprint density at radius 3 is 2.29 bits per heavy atom. The van der Waals surface area contributed by atoms with E-state index in [4.69, 9.17) is 15.2 Å². The summed E-state index contributed by atoms with van der Waals surface area (Å²) in [5.41, 5.74) is 9.96. The number of unbranched alkanes of at least 4 members (excludes halogenated alkanes) is 2. The minimum Gasteiger partial charge on any atom is -0.507 e. The normalized spacial score (nSPS) is 17.8. The number of aromatic hydroxyl groups is 1. The van der Waals surface area contributed by atoms with Gasteiger partial charge in [0.15, 0.2) is 12.1 Å². The fourth-order valence-electron chi connectivity index (χ4n) is 6.35. The molecule has 1 aromatic heterocycles. The van der Waals surface area contributed by atoms with Gasteiger partial charge in [0.05, 0.1) is 17.1 Å². The molecule has 3 aromatic rings. The van der Waals surface area contributed by atoms with Crippen molar-refractivity contribution in [2.45, 2.75) is 71.6 Å². The Labute approximate surface area is 267 Å². The summed E-state index contributed by atoms with van der Waals surface area (Å²) in [6.07, 6.45) is 5.89. The Morgan fingerprint density at radius 1 is 0.911 bits per heavy atom. The Hall–Kier alpha value is -3.63. The molecule has 1 atom stereocenters. The van der Waals surface area contributed by atoms with Crippen molar-refractivity contribution in [1.29, 1.82) is 0 Å². The first-order chi connectivity index (χ1) is 21.9. The van der Waals surface area contributed by atoms with Gasteiger partial charge in [0.2, 0.25) is 0 Å². The molecular formula is C35H49FN6O3. The minimum atomic E-state index is -0.189. The molecule has 0 bridgehead atoms. The molecule has 2 saturated heterocycles. The molecule has 10 heteroatoms. The molecule has 2 aliphatic rings. The SMILES string of the molecule is CCCCOC(OCCCC)C1CCN(c2cc(N3CCN(c4cc(-c5ccccc5O)nnc4N)[C@@H](C)C3)ccc2F)CC1. The number of hydrogen-bond acceptors (Lipinski definition) is 9. The van der Waals surface area contributed by atoms with Crippen LogP contribution in [-0.2, 0) is 9.47 Å². The first-order valence-electron chi connectivity index (χ1n) is 16.6. The van der Waals surface area contributed by atoms with E-state index < -0.39 is 0 Å². The van der Waals surface area contributed by atoms with E-state index in [0.29, 0.717) is 35.2 Å². The standard InChI is InChI=1S/C35H49FN6O3/c1-4-6-20-44-35(45-21-7-5-2)26-14-16-40(17-15-26)31-22-27(12-13-29(31)36)41-18-19-42(25(3)24-41)32-23-30(38-39-34(32)37)28-10-8-9-11-33(28)43/h8-13,22-23,25-26,35,43H,4-7,14-21,24H2,1-3H3,(H2,37,39)/t25-/m0/s1. The summed E-state index contributed by atoms with van der Waals surface area (Å²) in [5, 5.41) is 18.8. The number of piperazine rings is 1. The van der Waals surface area contributed by atoms with Crippen LogP contribution in [0, 0.1) is 11.7 Å². The highest BCUT2D eigenvalue weighted by Gasteiger charge is 2.30. The smallest absolute Gasteiger partial charge is 0.169 e.